The minimum absolute atomic E-state index is 0.0413. The summed E-state index contributed by atoms with van der Waals surface area (Å²) >= 11 is 0. The molecule has 10 heteroatoms. The quantitative estimate of drug-likeness (QED) is 0.621. The van der Waals surface area contributed by atoms with Crippen LogP contribution in [0.1, 0.15) is 0 Å². The summed E-state index contributed by atoms with van der Waals surface area (Å²) in [5.74, 6) is -1.46. The number of nitrogens with zero attached hydrogens (tertiary/aromatic N) is 2. The highest BCUT2D eigenvalue weighted by Crippen LogP contribution is 2.23. The molecule has 0 aliphatic rings. The number of carbonyl (C=O) groups is 1. The molecule has 132 valence electrons. The van der Waals surface area contributed by atoms with E-state index in [-0.39, 0.29) is 17.1 Å². The molecule has 1 N–H and O–H groups in total. The van der Waals surface area contributed by atoms with Crippen molar-refractivity contribution in [3.05, 3.63) is 64.5 Å². The van der Waals surface area contributed by atoms with Crippen molar-refractivity contribution in [2.45, 2.75) is 0 Å². The molecule has 2 rings (SSSR count). The fourth-order valence-corrected chi connectivity index (χ4v) is 2.89. The molecule has 0 saturated carbocycles. The third-order valence-electron chi connectivity index (χ3n) is 3.16. The fourth-order valence-electron chi connectivity index (χ4n) is 2.04. The Morgan fingerprint density at radius 1 is 1.24 bits per heavy atom. The second kappa shape index (κ2) is 7.26. The molecule has 0 aliphatic carbocycles. The van der Waals surface area contributed by atoms with Crippen molar-refractivity contribution >= 4 is 33.0 Å². The van der Waals surface area contributed by atoms with Crippen molar-refractivity contribution in [2.24, 2.45) is 0 Å². The average molecular weight is 367 g/mol. The number of anilines is 2. The molecule has 0 aliphatic heterocycles. The van der Waals surface area contributed by atoms with Gasteiger partial charge in [-0.15, -0.1) is 0 Å². The van der Waals surface area contributed by atoms with E-state index < -0.39 is 33.2 Å². The van der Waals surface area contributed by atoms with Crippen LogP contribution in [0, 0.1) is 15.9 Å². The number of nitro groups is 1. The monoisotopic (exact) mass is 367 g/mol. The summed E-state index contributed by atoms with van der Waals surface area (Å²) in [6.45, 7) is -0.658. The van der Waals surface area contributed by atoms with E-state index in [1.165, 1.54) is 36.4 Å². The third kappa shape index (κ3) is 4.73. The summed E-state index contributed by atoms with van der Waals surface area (Å²) in [5, 5.41) is 13.1. The number of para-hydroxylation sites is 1. The maximum Gasteiger partial charge on any atom is 0.271 e. The SMILES string of the molecule is CS(=O)(=O)N(CC(=O)Nc1ccccc1F)c1cccc([N+](=O)[O-])c1. The number of sulfonamides is 1. The predicted octanol–water partition coefficient (Wildman–Crippen LogP) is 2.14. The number of hydrogen-bond acceptors (Lipinski definition) is 5. The van der Waals surface area contributed by atoms with Gasteiger partial charge in [-0.25, -0.2) is 12.8 Å². The van der Waals surface area contributed by atoms with Gasteiger partial charge in [0.05, 0.1) is 22.6 Å². The molecule has 2 aromatic carbocycles. The Hall–Kier alpha value is -3.01. The average Bonchev–Trinajstić information content (AvgIpc) is 2.54. The highest BCUT2D eigenvalue weighted by atomic mass is 32.2. The zero-order valence-corrected chi connectivity index (χ0v) is 13.9. The van der Waals surface area contributed by atoms with Gasteiger partial charge < -0.3 is 5.32 Å². The maximum atomic E-state index is 13.6. The molecular weight excluding hydrogens is 353 g/mol. The highest BCUT2D eigenvalue weighted by molar-refractivity contribution is 7.92. The van der Waals surface area contributed by atoms with Crippen LogP contribution in [0.15, 0.2) is 48.5 Å². The van der Waals surface area contributed by atoms with E-state index in [4.69, 9.17) is 0 Å². The van der Waals surface area contributed by atoms with Crippen molar-refractivity contribution in [3.63, 3.8) is 0 Å². The van der Waals surface area contributed by atoms with Crippen molar-refractivity contribution in [1.82, 2.24) is 0 Å². The van der Waals surface area contributed by atoms with Gasteiger partial charge in [0.15, 0.2) is 0 Å². The summed E-state index contributed by atoms with van der Waals surface area (Å²) in [6, 6.07) is 10.3. The normalized spacial score (nSPS) is 11.0. The molecule has 0 atom stereocenters. The zero-order valence-electron chi connectivity index (χ0n) is 13.0. The Morgan fingerprint density at radius 2 is 1.92 bits per heavy atom. The first-order valence-electron chi connectivity index (χ1n) is 6.95. The van der Waals surface area contributed by atoms with Gasteiger partial charge in [-0.1, -0.05) is 18.2 Å². The topological polar surface area (TPSA) is 110 Å². The third-order valence-corrected chi connectivity index (χ3v) is 4.30. The maximum absolute atomic E-state index is 13.6. The van der Waals surface area contributed by atoms with Gasteiger partial charge in [-0.2, -0.15) is 0 Å². The Balaban J connectivity index is 2.27. The molecule has 0 heterocycles. The molecular formula is C15H14FN3O5S. The number of nitrogens with one attached hydrogen (secondary N) is 1. The molecule has 0 aromatic heterocycles. The minimum Gasteiger partial charge on any atom is -0.322 e. The van der Waals surface area contributed by atoms with Crippen molar-refractivity contribution in [2.75, 3.05) is 22.4 Å². The fraction of sp³-hybridized carbons (Fsp3) is 0.133. The summed E-state index contributed by atoms with van der Waals surface area (Å²) in [6.07, 6.45) is 0.863. The van der Waals surface area contributed by atoms with Gasteiger partial charge in [0.2, 0.25) is 15.9 Å². The molecule has 0 saturated heterocycles. The first-order valence-corrected chi connectivity index (χ1v) is 8.80. The van der Waals surface area contributed by atoms with E-state index in [0.29, 0.717) is 4.31 Å². The van der Waals surface area contributed by atoms with Crippen LogP contribution < -0.4 is 9.62 Å². The van der Waals surface area contributed by atoms with E-state index in [2.05, 4.69) is 5.32 Å². The first-order chi connectivity index (χ1) is 11.7. The van der Waals surface area contributed by atoms with E-state index >= 15 is 0 Å². The number of benzene rings is 2. The molecule has 8 nitrogen and oxygen atoms in total. The molecule has 0 spiro atoms. The van der Waals surface area contributed by atoms with E-state index in [1.54, 1.807) is 0 Å². The number of non-ortho nitro benzene ring substituents is 1. The Kier molecular flexibility index (Phi) is 5.32. The molecule has 0 bridgehead atoms. The largest absolute Gasteiger partial charge is 0.322 e. The number of hydrogen-bond donors (Lipinski definition) is 1. The first kappa shape index (κ1) is 18.3. The lowest BCUT2D eigenvalue weighted by atomic mass is 10.2. The van der Waals surface area contributed by atoms with Crippen LogP contribution >= 0.6 is 0 Å². The van der Waals surface area contributed by atoms with Crippen LogP contribution in [-0.2, 0) is 14.8 Å². The van der Waals surface area contributed by atoms with Gasteiger partial charge in [0.1, 0.15) is 12.4 Å². The summed E-state index contributed by atoms with van der Waals surface area (Å²) < 4.78 is 38.2. The summed E-state index contributed by atoms with van der Waals surface area (Å²) in [7, 11) is -3.90. The Morgan fingerprint density at radius 3 is 2.52 bits per heavy atom. The van der Waals surface area contributed by atoms with Crippen LogP contribution in [0.5, 0.6) is 0 Å². The lowest BCUT2D eigenvalue weighted by molar-refractivity contribution is -0.384. The van der Waals surface area contributed by atoms with Crippen LogP contribution in [-0.4, -0.2) is 32.0 Å². The van der Waals surface area contributed by atoms with E-state index in [9.17, 15) is 27.7 Å². The second-order valence-electron chi connectivity index (χ2n) is 5.07. The van der Waals surface area contributed by atoms with Crippen molar-refractivity contribution < 1.29 is 22.5 Å². The van der Waals surface area contributed by atoms with Crippen LogP contribution in [0.2, 0.25) is 0 Å². The Labute approximate surface area is 143 Å². The van der Waals surface area contributed by atoms with E-state index in [0.717, 1.165) is 18.4 Å². The second-order valence-corrected chi connectivity index (χ2v) is 6.98. The van der Waals surface area contributed by atoms with Gasteiger partial charge in [-0.05, 0) is 18.2 Å². The summed E-state index contributed by atoms with van der Waals surface area (Å²) in [5.41, 5.74) is -0.457. The minimum atomic E-state index is -3.90. The highest BCUT2D eigenvalue weighted by Gasteiger charge is 2.23. The van der Waals surface area contributed by atoms with E-state index in [1.807, 2.05) is 0 Å². The summed E-state index contributed by atoms with van der Waals surface area (Å²) in [4.78, 5) is 22.3. The van der Waals surface area contributed by atoms with Gasteiger partial charge >= 0.3 is 0 Å². The zero-order chi connectivity index (χ0) is 18.6. The van der Waals surface area contributed by atoms with Crippen molar-refractivity contribution in [1.29, 1.82) is 0 Å². The number of rotatable bonds is 6. The molecule has 25 heavy (non-hydrogen) atoms. The van der Waals surface area contributed by atoms with Crippen LogP contribution in [0.3, 0.4) is 0 Å². The number of halogens is 1. The molecule has 0 radical (unpaired) electrons. The lowest BCUT2D eigenvalue weighted by Gasteiger charge is -2.21. The van der Waals surface area contributed by atoms with Gasteiger partial charge in [0.25, 0.3) is 5.69 Å². The molecule has 2 aromatic rings. The smallest absolute Gasteiger partial charge is 0.271 e. The number of carbonyl (C=O) groups excluding carboxylic acids is 1. The van der Waals surface area contributed by atoms with Crippen molar-refractivity contribution in [3.8, 4) is 0 Å². The number of amides is 1. The molecule has 0 unspecified atom stereocenters. The lowest BCUT2D eigenvalue weighted by Crippen LogP contribution is -2.37. The Bertz CT molecular complexity index is 917. The molecule has 0 fully saturated rings. The predicted molar refractivity (Wildman–Crippen MR) is 90.3 cm³/mol. The number of nitro benzene ring substituents is 1. The van der Waals surface area contributed by atoms with Gasteiger partial charge in [0, 0.05) is 12.1 Å². The standard InChI is InChI=1S/C15H14FN3O5S/c1-25(23,24)18(11-5-4-6-12(9-11)19(21)22)10-15(20)17-14-8-3-2-7-13(14)16/h2-9H,10H2,1H3,(H,17,20). The van der Waals surface area contributed by atoms with Gasteiger partial charge in [-0.3, -0.25) is 19.2 Å². The van der Waals surface area contributed by atoms with Crippen LogP contribution in [0.4, 0.5) is 21.5 Å². The van der Waals surface area contributed by atoms with Crippen LogP contribution in [0.25, 0.3) is 0 Å². The molecule has 1 amide bonds.